The summed E-state index contributed by atoms with van der Waals surface area (Å²) in [4.78, 5) is 0. The number of hydrogen-bond donors (Lipinski definition) is 1. The molecule has 1 aliphatic rings. The van der Waals surface area contributed by atoms with Crippen LogP contribution < -0.4 is 5.73 Å². The van der Waals surface area contributed by atoms with E-state index in [2.05, 4.69) is 5.10 Å². The molecule has 0 radical (unpaired) electrons. The second kappa shape index (κ2) is 4.28. The summed E-state index contributed by atoms with van der Waals surface area (Å²) < 4.78 is 7.11. The zero-order valence-corrected chi connectivity index (χ0v) is 9.80. The molecule has 2 aromatic heterocycles. The molecule has 1 fully saturated rings. The van der Waals surface area contributed by atoms with Crippen LogP contribution in [0.5, 0.6) is 0 Å². The molecular weight excluding hydrogens is 214 g/mol. The van der Waals surface area contributed by atoms with Gasteiger partial charge in [-0.1, -0.05) is 19.3 Å². The van der Waals surface area contributed by atoms with Gasteiger partial charge in [0.05, 0.1) is 24.3 Å². The van der Waals surface area contributed by atoms with Gasteiger partial charge in [-0.05, 0) is 18.9 Å². The summed E-state index contributed by atoms with van der Waals surface area (Å²) >= 11 is 0. The molecule has 0 aromatic carbocycles. The van der Waals surface area contributed by atoms with Gasteiger partial charge in [0, 0.05) is 11.8 Å². The number of furan rings is 1. The predicted molar refractivity (Wildman–Crippen MR) is 66.5 cm³/mol. The van der Waals surface area contributed by atoms with E-state index in [0.717, 1.165) is 16.9 Å². The lowest BCUT2D eigenvalue weighted by Gasteiger charge is -2.21. The Morgan fingerprint density at radius 1 is 1.29 bits per heavy atom. The van der Waals surface area contributed by atoms with E-state index in [0.29, 0.717) is 6.04 Å². The molecule has 0 bridgehead atoms. The summed E-state index contributed by atoms with van der Waals surface area (Å²) in [6.07, 6.45) is 11.7. The largest absolute Gasteiger partial charge is 0.472 e. The first kappa shape index (κ1) is 10.4. The van der Waals surface area contributed by atoms with E-state index in [-0.39, 0.29) is 0 Å². The number of anilines is 1. The lowest BCUT2D eigenvalue weighted by molar-refractivity contribution is 0.330. The molecule has 4 heteroatoms. The van der Waals surface area contributed by atoms with Crippen molar-refractivity contribution in [2.75, 3.05) is 5.73 Å². The predicted octanol–water partition coefficient (Wildman–Crippen LogP) is 3.23. The Balaban J connectivity index is 1.90. The number of nitrogens with zero attached hydrogens (tertiary/aromatic N) is 2. The molecule has 90 valence electrons. The normalized spacial score (nSPS) is 17.4. The number of nitrogen functional groups attached to an aromatic ring is 1. The summed E-state index contributed by atoms with van der Waals surface area (Å²) in [5.74, 6) is 0. The van der Waals surface area contributed by atoms with Gasteiger partial charge in [-0.2, -0.15) is 5.10 Å². The molecule has 4 nitrogen and oxygen atoms in total. The molecule has 1 saturated carbocycles. The maximum absolute atomic E-state index is 6.01. The molecule has 17 heavy (non-hydrogen) atoms. The van der Waals surface area contributed by atoms with Crippen LogP contribution in [0.1, 0.15) is 38.1 Å². The van der Waals surface area contributed by atoms with Crippen LogP contribution in [0.15, 0.2) is 29.2 Å². The van der Waals surface area contributed by atoms with Crippen LogP contribution in [0.4, 0.5) is 5.69 Å². The van der Waals surface area contributed by atoms with E-state index >= 15 is 0 Å². The van der Waals surface area contributed by atoms with Crippen molar-refractivity contribution in [3.8, 4) is 11.3 Å². The van der Waals surface area contributed by atoms with Gasteiger partial charge in [0.15, 0.2) is 0 Å². The van der Waals surface area contributed by atoms with Crippen LogP contribution in [0.25, 0.3) is 11.3 Å². The number of rotatable bonds is 2. The number of nitrogens with two attached hydrogens (primary N) is 1. The molecule has 0 unspecified atom stereocenters. The standard InChI is InChI=1S/C13H17N3O/c14-12-8-16(11-4-2-1-3-5-11)15-13(12)10-6-7-17-9-10/h6-9,11H,1-5,14H2. The summed E-state index contributed by atoms with van der Waals surface area (Å²) in [6, 6.07) is 2.41. The van der Waals surface area contributed by atoms with Gasteiger partial charge >= 0.3 is 0 Å². The highest BCUT2D eigenvalue weighted by Crippen LogP contribution is 2.31. The first-order chi connectivity index (χ1) is 8.34. The van der Waals surface area contributed by atoms with E-state index in [9.17, 15) is 0 Å². The van der Waals surface area contributed by atoms with Gasteiger partial charge in [0.1, 0.15) is 5.69 Å². The maximum atomic E-state index is 6.01. The summed E-state index contributed by atoms with van der Waals surface area (Å²) in [5, 5.41) is 4.61. The van der Waals surface area contributed by atoms with Crippen LogP contribution in [-0.4, -0.2) is 9.78 Å². The van der Waals surface area contributed by atoms with E-state index in [1.807, 2.05) is 16.9 Å². The van der Waals surface area contributed by atoms with Crippen molar-refractivity contribution in [3.05, 3.63) is 24.8 Å². The average Bonchev–Trinajstić information content (AvgIpc) is 2.99. The van der Waals surface area contributed by atoms with E-state index in [4.69, 9.17) is 10.2 Å². The minimum absolute atomic E-state index is 0.520. The lowest BCUT2D eigenvalue weighted by Crippen LogP contribution is -2.13. The first-order valence-electron chi connectivity index (χ1n) is 6.22. The minimum atomic E-state index is 0.520. The van der Waals surface area contributed by atoms with Crippen LogP contribution in [-0.2, 0) is 0 Å². The van der Waals surface area contributed by atoms with Crippen molar-refractivity contribution in [2.45, 2.75) is 38.1 Å². The summed E-state index contributed by atoms with van der Waals surface area (Å²) in [7, 11) is 0. The quantitative estimate of drug-likeness (QED) is 0.863. The molecule has 2 N–H and O–H groups in total. The molecule has 0 aliphatic heterocycles. The smallest absolute Gasteiger partial charge is 0.118 e. The van der Waals surface area contributed by atoms with Crippen molar-refractivity contribution < 1.29 is 4.42 Å². The molecule has 0 saturated heterocycles. The molecule has 0 spiro atoms. The van der Waals surface area contributed by atoms with Crippen LogP contribution in [0.3, 0.4) is 0 Å². The van der Waals surface area contributed by atoms with Gasteiger partial charge in [0.2, 0.25) is 0 Å². The van der Waals surface area contributed by atoms with Crippen molar-refractivity contribution >= 4 is 5.69 Å². The van der Waals surface area contributed by atoms with Crippen LogP contribution in [0.2, 0.25) is 0 Å². The van der Waals surface area contributed by atoms with Crippen molar-refractivity contribution in [3.63, 3.8) is 0 Å². The van der Waals surface area contributed by atoms with E-state index < -0.39 is 0 Å². The van der Waals surface area contributed by atoms with Gasteiger partial charge in [-0.25, -0.2) is 0 Å². The third kappa shape index (κ3) is 1.95. The zero-order chi connectivity index (χ0) is 11.7. The monoisotopic (exact) mass is 231 g/mol. The molecule has 1 aliphatic carbocycles. The third-order valence-electron chi connectivity index (χ3n) is 3.50. The Bertz CT molecular complexity index is 481. The van der Waals surface area contributed by atoms with E-state index in [1.54, 1.807) is 12.5 Å². The Kier molecular flexibility index (Phi) is 2.63. The molecule has 3 rings (SSSR count). The Morgan fingerprint density at radius 2 is 2.12 bits per heavy atom. The van der Waals surface area contributed by atoms with Crippen LogP contribution in [0, 0.1) is 0 Å². The summed E-state index contributed by atoms with van der Waals surface area (Å²) in [5.41, 5.74) is 8.54. The van der Waals surface area contributed by atoms with E-state index in [1.165, 1.54) is 32.1 Å². The SMILES string of the molecule is Nc1cn(C2CCCCC2)nc1-c1ccoc1. The highest BCUT2D eigenvalue weighted by atomic mass is 16.3. The van der Waals surface area contributed by atoms with Gasteiger partial charge < -0.3 is 10.2 Å². The highest BCUT2D eigenvalue weighted by molar-refractivity contribution is 5.70. The molecule has 0 atom stereocenters. The van der Waals surface area contributed by atoms with Gasteiger partial charge in [-0.15, -0.1) is 0 Å². The van der Waals surface area contributed by atoms with Crippen molar-refractivity contribution in [1.29, 1.82) is 0 Å². The topological polar surface area (TPSA) is 57.0 Å². The second-order valence-corrected chi connectivity index (χ2v) is 4.72. The second-order valence-electron chi connectivity index (χ2n) is 4.72. The molecular formula is C13H17N3O. The molecule has 0 amide bonds. The Labute approximate surface area is 100 Å². The third-order valence-corrected chi connectivity index (χ3v) is 3.50. The Morgan fingerprint density at radius 3 is 2.82 bits per heavy atom. The first-order valence-corrected chi connectivity index (χ1v) is 6.22. The van der Waals surface area contributed by atoms with Crippen molar-refractivity contribution in [1.82, 2.24) is 9.78 Å². The zero-order valence-electron chi connectivity index (χ0n) is 9.80. The van der Waals surface area contributed by atoms with Gasteiger partial charge in [-0.3, -0.25) is 4.68 Å². The number of aromatic nitrogens is 2. The highest BCUT2D eigenvalue weighted by Gasteiger charge is 2.18. The average molecular weight is 231 g/mol. The summed E-state index contributed by atoms with van der Waals surface area (Å²) in [6.45, 7) is 0. The molecule has 2 heterocycles. The van der Waals surface area contributed by atoms with Crippen molar-refractivity contribution in [2.24, 2.45) is 0 Å². The fourth-order valence-corrected chi connectivity index (χ4v) is 2.56. The fraction of sp³-hybridized carbons (Fsp3) is 0.462. The maximum Gasteiger partial charge on any atom is 0.118 e. The minimum Gasteiger partial charge on any atom is -0.472 e. The Hall–Kier alpha value is -1.71. The number of hydrogen-bond acceptors (Lipinski definition) is 3. The van der Waals surface area contributed by atoms with Gasteiger partial charge in [0.25, 0.3) is 0 Å². The molecule has 2 aromatic rings. The van der Waals surface area contributed by atoms with Crippen LogP contribution >= 0.6 is 0 Å². The fourth-order valence-electron chi connectivity index (χ4n) is 2.56. The lowest BCUT2D eigenvalue weighted by atomic mass is 9.96.